The van der Waals surface area contributed by atoms with Crippen molar-refractivity contribution in [1.82, 2.24) is 0 Å². The van der Waals surface area contributed by atoms with Gasteiger partial charge < -0.3 is 9.80 Å². The van der Waals surface area contributed by atoms with Crippen molar-refractivity contribution in [3.8, 4) is 12.1 Å². The molecule has 0 saturated carbocycles. The van der Waals surface area contributed by atoms with Crippen molar-refractivity contribution in [1.29, 1.82) is 10.5 Å². The highest BCUT2D eigenvalue weighted by Gasteiger charge is 2.07. The van der Waals surface area contributed by atoms with Crippen molar-refractivity contribution < 1.29 is 0 Å². The normalized spacial score (nSPS) is 9.46. The third kappa shape index (κ3) is 4.53. The summed E-state index contributed by atoms with van der Waals surface area (Å²) >= 11 is 0. The van der Waals surface area contributed by atoms with Gasteiger partial charge in [-0.25, -0.2) is 0 Å². The quantitative estimate of drug-likeness (QED) is 0.603. The minimum atomic E-state index is 0.0809. The van der Waals surface area contributed by atoms with Crippen LogP contribution >= 0.6 is 0 Å². The Morgan fingerprint density at radius 3 is 1.38 bits per heavy atom. The molecule has 0 fully saturated rings. The van der Waals surface area contributed by atoms with Crippen LogP contribution in [0.4, 0.5) is 11.4 Å². The number of anilines is 2. The maximum Gasteiger partial charge on any atom is 0.129 e. The fraction of sp³-hybridized carbons (Fsp3) is 0.182. The number of allylic oxidation sites excluding steroid dienone is 3. The first-order valence-corrected chi connectivity index (χ1v) is 8.24. The molecule has 0 heterocycles. The molecule has 0 N–H and O–H groups in total. The molecule has 26 heavy (non-hydrogen) atoms. The second-order valence-corrected chi connectivity index (χ2v) is 6.27. The van der Waals surface area contributed by atoms with Crippen molar-refractivity contribution in [2.75, 3.05) is 38.0 Å². The second kappa shape index (κ2) is 8.55. The van der Waals surface area contributed by atoms with E-state index in [1.54, 1.807) is 6.08 Å². The summed E-state index contributed by atoms with van der Waals surface area (Å²) in [6.45, 7) is 0. The van der Waals surface area contributed by atoms with Crippen LogP contribution in [-0.4, -0.2) is 28.2 Å². The maximum absolute atomic E-state index is 8.99. The number of hydrogen-bond donors (Lipinski definition) is 0. The number of rotatable bonds is 5. The Bertz CT molecular complexity index is 818. The van der Waals surface area contributed by atoms with Gasteiger partial charge in [-0.15, -0.1) is 0 Å². The average molecular weight is 342 g/mol. The molecule has 0 bridgehead atoms. The number of nitriles is 2. The fourth-order valence-electron chi connectivity index (χ4n) is 2.50. The van der Waals surface area contributed by atoms with Gasteiger partial charge in [0, 0.05) is 39.6 Å². The topological polar surface area (TPSA) is 54.1 Å². The minimum Gasteiger partial charge on any atom is -0.378 e. The lowest BCUT2D eigenvalue weighted by atomic mass is 9.96. The van der Waals surface area contributed by atoms with E-state index in [4.69, 9.17) is 10.5 Å². The van der Waals surface area contributed by atoms with Crippen LogP contribution in [0.2, 0.25) is 0 Å². The Kier molecular flexibility index (Phi) is 6.20. The minimum absolute atomic E-state index is 0.0809. The summed E-state index contributed by atoms with van der Waals surface area (Å²) in [6, 6.07) is 20.2. The maximum atomic E-state index is 8.99. The molecule has 0 spiro atoms. The van der Waals surface area contributed by atoms with E-state index in [1.165, 1.54) is 0 Å². The molecule has 130 valence electrons. The van der Waals surface area contributed by atoms with Gasteiger partial charge in [0.05, 0.1) is 0 Å². The summed E-state index contributed by atoms with van der Waals surface area (Å²) in [5.74, 6) is 0. The Balaban J connectivity index is 2.52. The van der Waals surface area contributed by atoms with Crippen molar-refractivity contribution in [3.63, 3.8) is 0 Å². The number of benzene rings is 2. The molecule has 0 aliphatic heterocycles. The first kappa shape index (κ1) is 18.8. The standard InChI is InChI=1S/C22H22N4/c1-25(2)20-10-6-18(7-11-20)22(14-5-17(15-23)16-24)19-8-12-21(13-9-19)26(3)4/h5-14H,1-4H3. The van der Waals surface area contributed by atoms with Crippen LogP contribution in [-0.2, 0) is 0 Å². The monoisotopic (exact) mass is 342 g/mol. The molecular formula is C22H22N4. The van der Waals surface area contributed by atoms with Gasteiger partial charge >= 0.3 is 0 Å². The van der Waals surface area contributed by atoms with Crippen LogP contribution in [0.5, 0.6) is 0 Å². The second-order valence-electron chi connectivity index (χ2n) is 6.27. The van der Waals surface area contributed by atoms with E-state index in [1.807, 2.05) is 80.5 Å². The highest BCUT2D eigenvalue weighted by Crippen LogP contribution is 2.27. The van der Waals surface area contributed by atoms with Crippen LogP contribution in [0.25, 0.3) is 5.57 Å². The molecule has 2 rings (SSSR count). The molecule has 4 heteroatoms. The van der Waals surface area contributed by atoms with Crippen LogP contribution in [0, 0.1) is 22.7 Å². The molecule has 0 amide bonds. The van der Waals surface area contributed by atoms with Gasteiger partial charge in [-0.05, 0) is 47.0 Å². The van der Waals surface area contributed by atoms with Gasteiger partial charge in [-0.3, -0.25) is 0 Å². The molecule has 0 atom stereocenters. The van der Waals surface area contributed by atoms with Crippen molar-refractivity contribution in [2.24, 2.45) is 0 Å². The van der Waals surface area contributed by atoms with Crippen molar-refractivity contribution >= 4 is 16.9 Å². The molecule has 0 saturated heterocycles. The summed E-state index contributed by atoms with van der Waals surface area (Å²) in [4.78, 5) is 4.09. The summed E-state index contributed by atoms with van der Waals surface area (Å²) in [7, 11) is 8.00. The molecule has 2 aromatic rings. The summed E-state index contributed by atoms with van der Waals surface area (Å²) < 4.78 is 0. The van der Waals surface area contributed by atoms with E-state index >= 15 is 0 Å². The van der Waals surface area contributed by atoms with Crippen LogP contribution in [0.3, 0.4) is 0 Å². The molecule has 0 unspecified atom stereocenters. The molecule has 4 nitrogen and oxygen atoms in total. The number of hydrogen-bond acceptors (Lipinski definition) is 4. The molecule has 0 radical (unpaired) electrons. The predicted molar refractivity (Wildman–Crippen MR) is 108 cm³/mol. The summed E-state index contributed by atoms with van der Waals surface area (Å²) in [5.41, 5.74) is 5.32. The van der Waals surface area contributed by atoms with Crippen LogP contribution in [0.1, 0.15) is 11.1 Å². The van der Waals surface area contributed by atoms with Gasteiger partial charge in [0.25, 0.3) is 0 Å². The van der Waals surface area contributed by atoms with Crippen molar-refractivity contribution in [2.45, 2.75) is 0 Å². The van der Waals surface area contributed by atoms with Gasteiger partial charge in [0.15, 0.2) is 0 Å². The van der Waals surface area contributed by atoms with E-state index in [9.17, 15) is 0 Å². The third-order valence-corrected chi connectivity index (χ3v) is 4.05. The van der Waals surface area contributed by atoms with Crippen LogP contribution in [0.15, 0.2) is 66.3 Å². The SMILES string of the molecule is CN(C)c1ccc(C(=CC=C(C#N)C#N)c2ccc(N(C)C)cc2)cc1. The molecule has 0 aromatic heterocycles. The first-order valence-electron chi connectivity index (χ1n) is 8.24. The van der Waals surface area contributed by atoms with Gasteiger partial charge in [-0.1, -0.05) is 30.3 Å². The van der Waals surface area contributed by atoms with Gasteiger partial charge in [-0.2, -0.15) is 10.5 Å². The lowest BCUT2D eigenvalue weighted by Crippen LogP contribution is -2.08. The van der Waals surface area contributed by atoms with E-state index in [0.29, 0.717) is 0 Å². The average Bonchev–Trinajstić information content (AvgIpc) is 2.66. The van der Waals surface area contributed by atoms with Crippen molar-refractivity contribution in [3.05, 3.63) is 77.4 Å². The third-order valence-electron chi connectivity index (χ3n) is 4.05. The lowest BCUT2D eigenvalue weighted by molar-refractivity contribution is 1.13. The zero-order valence-electron chi connectivity index (χ0n) is 15.6. The van der Waals surface area contributed by atoms with Crippen LogP contribution < -0.4 is 9.80 Å². The molecular weight excluding hydrogens is 320 g/mol. The highest BCUT2D eigenvalue weighted by molar-refractivity contribution is 5.82. The van der Waals surface area contributed by atoms with E-state index in [-0.39, 0.29) is 5.57 Å². The molecule has 0 aliphatic rings. The lowest BCUT2D eigenvalue weighted by Gasteiger charge is -2.15. The largest absolute Gasteiger partial charge is 0.378 e. The molecule has 2 aromatic carbocycles. The Morgan fingerprint density at radius 1 is 0.692 bits per heavy atom. The first-order chi connectivity index (χ1) is 12.5. The summed E-state index contributed by atoms with van der Waals surface area (Å²) in [6.07, 6.45) is 3.39. The van der Waals surface area contributed by atoms with E-state index in [2.05, 4.69) is 24.3 Å². The molecule has 0 aliphatic carbocycles. The van der Waals surface area contributed by atoms with Gasteiger partial charge in [0.1, 0.15) is 17.7 Å². The zero-order valence-corrected chi connectivity index (χ0v) is 15.6. The Morgan fingerprint density at radius 2 is 1.08 bits per heavy atom. The predicted octanol–water partition coefficient (Wildman–Crippen LogP) is 4.22. The van der Waals surface area contributed by atoms with Gasteiger partial charge in [0.2, 0.25) is 0 Å². The summed E-state index contributed by atoms with van der Waals surface area (Å²) in [5, 5.41) is 18.0. The fourth-order valence-corrected chi connectivity index (χ4v) is 2.50. The van der Waals surface area contributed by atoms with E-state index < -0.39 is 0 Å². The highest BCUT2D eigenvalue weighted by atomic mass is 15.1. The number of nitrogens with zero attached hydrogens (tertiary/aromatic N) is 4. The Hall–Kier alpha value is -3.50. The Labute approximate surface area is 155 Å². The zero-order chi connectivity index (χ0) is 19.1. The smallest absolute Gasteiger partial charge is 0.129 e. The van der Waals surface area contributed by atoms with E-state index in [0.717, 1.165) is 28.1 Å².